The summed E-state index contributed by atoms with van der Waals surface area (Å²) in [6, 6.07) is 5.85. The normalized spacial score (nSPS) is 14.1. The Kier molecular flexibility index (Phi) is 4.51. The van der Waals surface area contributed by atoms with Gasteiger partial charge in [0.2, 0.25) is 5.88 Å². The summed E-state index contributed by atoms with van der Waals surface area (Å²) in [4.78, 5) is 13.3. The van der Waals surface area contributed by atoms with Crippen LogP contribution >= 0.6 is 0 Å². The molecule has 1 aliphatic carbocycles. The average molecular weight is 298 g/mol. The summed E-state index contributed by atoms with van der Waals surface area (Å²) in [5.41, 5.74) is 1.12. The molecule has 0 aromatic carbocycles. The molecule has 5 nitrogen and oxygen atoms in total. The summed E-state index contributed by atoms with van der Waals surface area (Å²) >= 11 is 0. The van der Waals surface area contributed by atoms with Crippen LogP contribution in [0.25, 0.3) is 0 Å². The molecule has 0 spiro atoms. The zero-order valence-electron chi connectivity index (χ0n) is 13.1. The van der Waals surface area contributed by atoms with E-state index in [-0.39, 0.29) is 0 Å². The summed E-state index contributed by atoms with van der Waals surface area (Å²) in [5, 5.41) is 3.34. The smallest absolute Gasteiger partial charge is 0.218 e. The lowest BCUT2D eigenvalue weighted by molar-refractivity contribution is 0.260. The van der Waals surface area contributed by atoms with Crippen LogP contribution in [-0.2, 0) is 6.54 Å². The van der Waals surface area contributed by atoms with E-state index in [0.29, 0.717) is 30.9 Å². The number of ether oxygens (including phenoxy) is 1. The fraction of sp³-hybridized carbons (Fsp3) is 0.471. The van der Waals surface area contributed by atoms with Crippen LogP contribution in [0.5, 0.6) is 5.88 Å². The van der Waals surface area contributed by atoms with E-state index in [1.807, 2.05) is 24.4 Å². The van der Waals surface area contributed by atoms with Gasteiger partial charge in [-0.25, -0.2) is 4.98 Å². The lowest BCUT2D eigenvalue weighted by Crippen LogP contribution is -2.09. The third-order valence-corrected chi connectivity index (χ3v) is 3.42. The number of aromatic nitrogens is 3. The third-order valence-electron chi connectivity index (χ3n) is 3.42. The summed E-state index contributed by atoms with van der Waals surface area (Å²) in [5.74, 6) is 3.36. The number of hydrogen-bond acceptors (Lipinski definition) is 5. The van der Waals surface area contributed by atoms with Gasteiger partial charge in [0.15, 0.2) is 0 Å². The minimum atomic E-state index is 0.478. The number of nitrogens with one attached hydrogen (secondary N) is 1. The molecule has 0 amide bonds. The molecule has 1 saturated carbocycles. The highest BCUT2D eigenvalue weighted by Crippen LogP contribution is 2.39. The van der Waals surface area contributed by atoms with Crippen LogP contribution in [0, 0.1) is 5.92 Å². The van der Waals surface area contributed by atoms with Gasteiger partial charge >= 0.3 is 0 Å². The zero-order chi connectivity index (χ0) is 15.4. The van der Waals surface area contributed by atoms with E-state index in [4.69, 9.17) is 4.74 Å². The van der Waals surface area contributed by atoms with Gasteiger partial charge in [0.1, 0.15) is 11.6 Å². The minimum Gasteiger partial charge on any atom is -0.477 e. The van der Waals surface area contributed by atoms with Crippen LogP contribution in [0.1, 0.15) is 44.0 Å². The van der Waals surface area contributed by atoms with Gasteiger partial charge in [-0.05, 0) is 30.4 Å². The lowest BCUT2D eigenvalue weighted by atomic mass is 10.2. The van der Waals surface area contributed by atoms with Crippen molar-refractivity contribution in [2.24, 2.45) is 5.92 Å². The topological polar surface area (TPSA) is 59.9 Å². The van der Waals surface area contributed by atoms with Crippen molar-refractivity contribution >= 4 is 5.82 Å². The lowest BCUT2D eigenvalue weighted by Gasteiger charge is -2.12. The monoisotopic (exact) mass is 298 g/mol. The number of hydrogen-bond donors (Lipinski definition) is 1. The van der Waals surface area contributed by atoms with Gasteiger partial charge in [0, 0.05) is 30.9 Å². The molecular weight excluding hydrogens is 276 g/mol. The molecule has 0 unspecified atom stereocenters. The van der Waals surface area contributed by atoms with E-state index in [2.05, 4.69) is 34.1 Å². The number of nitrogens with zero attached hydrogens (tertiary/aromatic N) is 3. The Morgan fingerprint density at radius 2 is 2.18 bits per heavy atom. The highest BCUT2D eigenvalue weighted by atomic mass is 16.5. The fourth-order valence-electron chi connectivity index (χ4n) is 2.08. The summed E-state index contributed by atoms with van der Waals surface area (Å²) in [7, 11) is 0. The van der Waals surface area contributed by atoms with E-state index in [9.17, 15) is 0 Å². The fourth-order valence-corrected chi connectivity index (χ4v) is 2.08. The van der Waals surface area contributed by atoms with E-state index in [1.165, 1.54) is 12.8 Å². The van der Waals surface area contributed by atoms with Crippen LogP contribution in [0.4, 0.5) is 5.82 Å². The van der Waals surface area contributed by atoms with Crippen LogP contribution < -0.4 is 10.1 Å². The van der Waals surface area contributed by atoms with E-state index in [1.54, 1.807) is 6.20 Å². The molecule has 22 heavy (non-hydrogen) atoms. The van der Waals surface area contributed by atoms with E-state index in [0.717, 1.165) is 17.2 Å². The maximum atomic E-state index is 5.78. The van der Waals surface area contributed by atoms with Crippen LogP contribution in [-0.4, -0.2) is 21.6 Å². The number of rotatable bonds is 7. The van der Waals surface area contributed by atoms with Crippen molar-refractivity contribution in [1.82, 2.24) is 15.0 Å². The molecule has 1 aliphatic rings. The van der Waals surface area contributed by atoms with E-state index >= 15 is 0 Å². The van der Waals surface area contributed by atoms with E-state index < -0.39 is 0 Å². The Morgan fingerprint density at radius 3 is 2.86 bits per heavy atom. The van der Waals surface area contributed by atoms with Crippen LogP contribution in [0.15, 0.2) is 30.6 Å². The second-order valence-electron chi connectivity index (χ2n) is 6.14. The average Bonchev–Trinajstić information content (AvgIpc) is 3.37. The molecule has 0 radical (unpaired) electrons. The first-order valence-electron chi connectivity index (χ1n) is 7.85. The molecule has 0 aliphatic heterocycles. The molecule has 2 heterocycles. The van der Waals surface area contributed by atoms with Gasteiger partial charge in [-0.1, -0.05) is 19.9 Å². The SMILES string of the molecule is CC(C)COc1cc(NCc2cccnc2)nc(C2CC2)n1. The molecule has 0 bridgehead atoms. The molecule has 1 fully saturated rings. The van der Waals surface area contributed by atoms with Gasteiger partial charge in [-0.15, -0.1) is 0 Å². The van der Waals surface area contributed by atoms with Crippen molar-refractivity contribution < 1.29 is 4.74 Å². The Morgan fingerprint density at radius 1 is 1.32 bits per heavy atom. The van der Waals surface area contributed by atoms with Gasteiger partial charge < -0.3 is 10.1 Å². The first kappa shape index (κ1) is 14.8. The molecule has 5 heteroatoms. The minimum absolute atomic E-state index is 0.478. The molecule has 0 saturated heterocycles. The number of anilines is 1. The molecule has 2 aromatic heterocycles. The zero-order valence-corrected chi connectivity index (χ0v) is 13.1. The Bertz CT molecular complexity index is 611. The molecule has 1 N–H and O–H groups in total. The third kappa shape index (κ3) is 4.16. The molecule has 2 aromatic rings. The van der Waals surface area contributed by atoms with Gasteiger partial charge in [-0.2, -0.15) is 4.98 Å². The Balaban J connectivity index is 1.71. The quantitative estimate of drug-likeness (QED) is 0.849. The summed E-state index contributed by atoms with van der Waals surface area (Å²) < 4.78 is 5.78. The second kappa shape index (κ2) is 6.73. The maximum absolute atomic E-state index is 5.78. The molecule has 0 atom stereocenters. The van der Waals surface area contributed by atoms with Crippen molar-refractivity contribution in [3.8, 4) is 5.88 Å². The first-order chi connectivity index (χ1) is 10.7. The van der Waals surface area contributed by atoms with Crippen molar-refractivity contribution in [3.63, 3.8) is 0 Å². The standard InChI is InChI=1S/C17H22N4O/c1-12(2)11-22-16-8-15(20-17(21-16)14-5-6-14)19-10-13-4-3-7-18-9-13/h3-4,7-9,12,14H,5-6,10-11H2,1-2H3,(H,19,20,21). The Labute approximate surface area is 131 Å². The summed E-state index contributed by atoms with van der Waals surface area (Å²) in [6.45, 7) is 5.62. The first-order valence-corrected chi connectivity index (χ1v) is 7.85. The van der Waals surface area contributed by atoms with Crippen molar-refractivity contribution in [2.75, 3.05) is 11.9 Å². The Hall–Kier alpha value is -2.17. The van der Waals surface area contributed by atoms with Gasteiger partial charge in [0.25, 0.3) is 0 Å². The van der Waals surface area contributed by atoms with Crippen molar-refractivity contribution in [3.05, 3.63) is 42.0 Å². The highest BCUT2D eigenvalue weighted by Gasteiger charge is 2.27. The van der Waals surface area contributed by atoms with Gasteiger partial charge in [-0.3, -0.25) is 4.98 Å². The summed E-state index contributed by atoms with van der Waals surface area (Å²) in [6.07, 6.45) is 5.98. The van der Waals surface area contributed by atoms with Gasteiger partial charge in [0.05, 0.1) is 6.61 Å². The predicted molar refractivity (Wildman–Crippen MR) is 85.9 cm³/mol. The van der Waals surface area contributed by atoms with Crippen LogP contribution in [0.3, 0.4) is 0 Å². The van der Waals surface area contributed by atoms with Crippen LogP contribution in [0.2, 0.25) is 0 Å². The molecule has 116 valence electrons. The largest absolute Gasteiger partial charge is 0.477 e. The second-order valence-corrected chi connectivity index (χ2v) is 6.14. The van der Waals surface area contributed by atoms with Crippen molar-refractivity contribution in [2.45, 2.75) is 39.2 Å². The molecular formula is C17H22N4O. The predicted octanol–water partition coefficient (Wildman–Crippen LogP) is 3.40. The molecule has 3 rings (SSSR count). The van der Waals surface area contributed by atoms with Crippen molar-refractivity contribution in [1.29, 1.82) is 0 Å². The maximum Gasteiger partial charge on any atom is 0.218 e. The number of pyridine rings is 1. The highest BCUT2D eigenvalue weighted by molar-refractivity contribution is 5.40.